The highest BCUT2D eigenvalue weighted by Gasteiger charge is 2.41. The minimum absolute atomic E-state index is 0.0488. The molecule has 0 unspecified atom stereocenters. The van der Waals surface area contributed by atoms with Crippen molar-refractivity contribution in [3.63, 3.8) is 0 Å². The molecule has 2 heterocycles. The summed E-state index contributed by atoms with van der Waals surface area (Å²) >= 11 is 0. The van der Waals surface area contributed by atoms with Crippen LogP contribution in [0, 0.1) is 28.5 Å². The number of nitrogens with one attached hydrogen (secondary N) is 1. The van der Waals surface area contributed by atoms with E-state index in [0.29, 0.717) is 24.7 Å². The van der Waals surface area contributed by atoms with Crippen LogP contribution in [-0.2, 0) is 11.0 Å². The molecule has 11 heteroatoms. The number of benzene rings is 1. The van der Waals surface area contributed by atoms with E-state index >= 15 is 0 Å². The van der Waals surface area contributed by atoms with Crippen molar-refractivity contribution in [3.8, 4) is 6.19 Å². The van der Waals surface area contributed by atoms with Gasteiger partial charge in [0.25, 0.3) is 5.91 Å². The summed E-state index contributed by atoms with van der Waals surface area (Å²) in [6.07, 6.45) is -2.55. The molecule has 1 amide bonds. The Kier molecular flexibility index (Phi) is 6.20. The average molecular weight is 441 g/mol. The van der Waals surface area contributed by atoms with Crippen molar-refractivity contribution < 1.29 is 26.7 Å². The third-order valence-electron chi connectivity index (χ3n) is 5.68. The molecule has 31 heavy (non-hydrogen) atoms. The lowest BCUT2D eigenvalue weighted by molar-refractivity contribution is -0.141. The fourth-order valence-electron chi connectivity index (χ4n) is 3.98. The highest BCUT2D eigenvalue weighted by Crippen LogP contribution is 2.41. The van der Waals surface area contributed by atoms with Gasteiger partial charge >= 0.3 is 6.18 Å². The predicted molar refractivity (Wildman–Crippen MR) is 101 cm³/mol. The lowest BCUT2D eigenvalue weighted by Gasteiger charge is -2.34. The Hall–Kier alpha value is -3.16. The molecule has 0 bridgehead atoms. The molecule has 2 aliphatic rings. The number of hydrogen-bond acceptors (Lipinski definition) is 5. The Morgan fingerprint density at radius 2 is 1.84 bits per heavy atom. The van der Waals surface area contributed by atoms with Gasteiger partial charge in [0.15, 0.2) is 17.8 Å². The maximum Gasteiger partial charge on any atom is 0.419 e. The third kappa shape index (κ3) is 4.47. The lowest BCUT2D eigenvalue weighted by atomic mass is 9.85. The highest BCUT2D eigenvalue weighted by molar-refractivity contribution is 6.44. The van der Waals surface area contributed by atoms with E-state index in [1.54, 1.807) is 0 Å². The van der Waals surface area contributed by atoms with Gasteiger partial charge in [-0.2, -0.15) is 18.4 Å². The maximum atomic E-state index is 13.9. The van der Waals surface area contributed by atoms with Gasteiger partial charge in [-0.05, 0) is 30.4 Å². The summed E-state index contributed by atoms with van der Waals surface area (Å²) < 4.78 is 67.2. The number of hydrogen-bond donors (Lipinski definition) is 2. The van der Waals surface area contributed by atoms with Crippen LogP contribution in [-0.4, -0.2) is 47.6 Å². The zero-order chi connectivity index (χ0) is 22.9. The molecule has 1 fully saturated rings. The van der Waals surface area contributed by atoms with E-state index in [1.165, 1.54) is 9.80 Å². The molecule has 0 saturated carbocycles. The van der Waals surface area contributed by atoms with Crippen molar-refractivity contribution in [3.05, 3.63) is 46.2 Å². The van der Waals surface area contributed by atoms with E-state index in [4.69, 9.17) is 16.4 Å². The van der Waals surface area contributed by atoms with Crippen LogP contribution >= 0.6 is 0 Å². The zero-order valence-electron chi connectivity index (χ0n) is 16.4. The number of piperidine rings is 1. The van der Waals surface area contributed by atoms with Gasteiger partial charge in [-0.25, -0.2) is 8.78 Å². The summed E-state index contributed by atoms with van der Waals surface area (Å²) in [5.41, 5.74) is 4.23. The van der Waals surface area contributed by atoms with E-state index in [2.05, 4.69) is 0 Å². The molecule has 0 radical (unpaired) electrons. The summed E-state index contributed by atoms with van der Waals surface area (Å²) in [6.45, 7) is 0.552. The number of nitrogens with two attached hydrogens (primary N) is 1. The van der Waals surface area contributed by atoms with Crippen LogP contribution in [0.3, 0.4) is 0 Å². The molecule has 1 aromatic carbocycles. The standard InChI is InChI=1S/C20H20F5N5O/c21-14-2-1-12(16(17(14)22)20(23,24)25)11-3-7-30(8-4-11)19(31)18(28)13-9-29(10-26)6-5-15(13)27/h1-2,11,28H,3-9,27H2. The van der Waals surface area contributed by atoms with Gasteiger partial charge in [-0.3, -0.25) is 10.2 Å². The van der Waals surface area contributed by atoms with Gasteiger partial charge in [0.2, 0.25) is 0 Å². The monoisotopic (exact) mass is 441 g/mol. The van der Waals surface area contributed by atoms with Crippen LogP contribution in [0.25, 0.3) is 0 Å². The molecule has 0 aromatic heterocycles. The number of carbonyl (C=O) groups excluding carboxylic acids is 1. The summed E-state index contributed by atoms with van der Waals surface area (Å²) in [7, 11) is 0. The van der Waals surface area contributed by atoms with Gasteiger partial charge < -0.3 is 15.5 Å². The number of amides is 1. The van der Waals surface area contributed by atoms with E-state index in [9.17, 15) is 26.7 Å². The summed E-state index contributed by atoms with van der Waals surface area (Å²) in [5.74, 6) is -4.83. The fourth-order valence-corrected chi connectivity index (χ4v) is 3.98. The molecule has 0 aliphatic carbocycles. The van der Waals surface area contributed by atoms with E-state index in [0.717, 1.165) is 6.07 Å². The predicted octanol–water partition coefficient (Wildman–Crippen LogP) is 3.11. The Balaban J connectivity index is 1.73. The summed E-state index contributed by atoms with van der Waals surface area (Å²) in [5, 5.41) is 17.2. The fraction of sp³-hybridized carbons (Fsp3) is 0.450. The molecule has 1 saturated heterocycles. The Labute approximate surface area is 175 Å². The normalized spacial score (nSPS) is 18.2. The number of rotatable bonds is 3. The Morgan fingerprint density at radius 1 is 1.19 bits per heavy atom. The minimum atomic E-state index is -5.05. The SMILES string of the molecule is N#CN1CCC(N)=C(C(=N)C(=O)N2CCC(c3ccc(F)c(F)c3C(F)(F)F)CC2)C1. The Bertz CT molecular complexity index is 973. The van der Waals surface area contributed by atoms with E-state index in [1.807, 2.05) is 6.19 Å². The first kappa shape index (κ1) is 22.5. The number of alkyl halides is 3. The first-order valence-corrected chi connectivity index (χ1v) is 9.60. The number of halogens is 5. The molecule has 166 valence electrons. The molecule has 2 aliphatic heterocycles. The second-order valence-electron chi connectivity index (χ2n) is 7.54. The smallest absolute Gasteiger partial charge is 0.402 e. The van der Waals surface area contributed by atoms with Crippen LogP contribution in [0.1, 0.15) is 36.3 Å². The number of likely N-dealkylation sites (tertiary alicyclic amines) is 1. The molecule has 3 N–H and O–H groups in total. The van der Waals surface area contributed by atoms with Crippen molar-refractivity contribution in [2.45, 2.75) is 31.4 Å². The van der Waals surface area contributed by atoms with Gasteiger partial charge in [0.05, 0.1) is 12.1 Å². The molecule has 0 spiro atoms. The molecule has 1 aromatic rings. The summed E-state index contributed by atoms with van der Waals surface area (Å²) in [6, 6.07) is 1.61. The second-order valence-corrected chi connectivity index (χ2v) is 7.54. The summed E-state index contributed by atoms with van der Waals surface area (Å²) in [4.78, 5) is 15.4. The minimum Gasteiger partial charge on any atom is -0.402 e. The van der Waals surface area contributed by atoms with Crippen LogP contribution in [0.5, 0.6) is 0 Å². The van der Waals surface area contributed by atoms with Crippen molar-refractivity contribution >= 4 is 11.6 Å². The average Bonchev–Trinajstić information content (AvgIpc) is 2.74. The first-order valence-electron chi connectivity index (χ1n) is 9.60. The number of nitriles is 1. The molecular weight excluding hydrogens is 421 g/mol. The van der Waals surface area contributed by atoms with Gasteiger partial charge in [0.1, 0.15) is 5.71 Å². The highest BCUT2D eigenvalue weighted by atomic mass is 19.4. The first-order chi connectivity index (χ1) is 14.5. The van der Waals surface area contributed by atoms with Crippen molar-refractivity contribution in [1.82, 2.24) is 9.80 Å². The van der Waals surface area contributed by atoms with Crippen LogP contribution in [0.2, 0.25) is 0 Å². The number of nitrogens with zero attached hydrogens (tertiary/aromatic N) is 3. The van der Waals surface area contributed by atoms with Gasteiger partial charge in [-0.1, -0.05) is 6.07 Å². The zero-order valence-corrected chi connectivity index (χ0v) is 16.4. The third-order valence-corrected chi connectivity index (χ3v) is 5.68. The van der Waals surface area contributed by atoms with Crippen LogP contribution < -0.4 is 5.73 Å². The van der Waals surface area contributed by atoms with E-state index < -0.39 is 35.2 Å². The topological polar surface area (TPSA) is 97.2 Å². The van der Waals surface area contributed by atoms with E-state index in [-0.39, 0.29) is 49.3 Å². The molecule has 6 nitrogen and oxygen atoms in total. The quantitative estimate of drug-likeness (QED) is 0.428. The van der Waals surface area contributed by atoms with Gasteiger partial charge in [-0.15, -0.1) is 0 Å². The van der Waals surface area contributed by atoms with Crippen LogP contribution in [0.4, 0.5) is 22.0 Å². The number of carbonyl (C=O) groups is 1. The second kappa shape index (κ2) is 8.53. The molecule has 0 atom stereocenters. The van der Waals surface area contributed by atoms with Crippen molar-refractivity contribution in [2.24, 2.45) is 5.73 Å². The largest absolute Gasteiger partial charge is 0.419 e. The Morgan fingerprint density at radius 3 is 2.42 bits per heavy atom. The maximum absolute atomic E-state index is 13.9. The lowest BCUT2D eigenvalue weighted by Crippen LogP contribution is -2.44. The molecule has 3 rings (SSSR count). The van der Waals surface area contributed by atoms with Gasteiger partial charge in [0, 0.05) is 37.3 Å². The van der Waals surface area contributed by atoms with Crippen molar-refractivity contribution in [1.29, 1.82) is 10.7 Å². The van der Waals surface area contributed by atoms with Crippen LogP contribution in [0.15, 0.2) is 23.4 Å². The van der Waals surface area contributed by atoms with Crippen molar-refractivity contribution in [2.75, 3.05) is 26.2 Å². The molecular formula is C20H20F5N5O.